The van der Waals surface area contributed by atoms with Crippen molar-refractivity contribution in [2.75, 3.05) is 7.11 Å². The van der Waals surface area contributed by atoms with Crippen molar-refractivity contribution < 1.29 is 20.3 Å². The Morgan fingerprint density at radius 2 is 1.14 bits per heavy atom. The quantitative estimate of drug-likeness (QED) is 0.176. The summed E-state index contributed by atoms with van der Waals surface area (Å²) in [5.74, 6) is -0.733. The molecule has 0 aliphatic heterocycles. The second-order valence-corrected chi connectivity index (χ2v) is 60.1. The summed E-state index contributed by atoms with van der Waals surface area (Å²) in [6.07, 6.45) is 8.38. The first-order chi connectivity index (χ1) is 23.8. The maximum absolute atomic E-state index is 8.80. The van der Waals surface area contributed by atoms with Crippen molar-refractivity contribution in [1.82, 2.24) is 0 Å². The number of ether oxygens (including phenoxy) is 1. The van der Waals surface area contributed by atoms with Crippen LogP contribution in [0.3, 0.4) is 0 Å². The van der Waals surface area contributed by atoms with Gasteiger partial charge in [-0.2, -0.15) is 0 Å². The van der Waals surface area contributed by atoms with Crippen LogP contribution in [-0.2, 0) is 33.8 Å². The van der Waals surface area contributed by atoms with Gasteiger partial charge in [-0.1, -0.05) is 0 Å². The van der Waals surface area contributed by atoms with Crippen molar-refractivity contribution in [3.63, 3.8) is 0 Å². The van der Waals surface area contributed by atoms with Crippen LogP contribution in [-0.4, -0.2) is 13.0 Å². The van der Waals surface area contributed by atoms with E-state index in [0.717, 1.165) is 18.6 Å². The van der Waals surface area contributed by atoms with E-state index < -0.39 is 21.5 Å². The minimum absolute atomic E-state index is 0.0188. The predicted molar refractivity (Wildman–Crippen MR) is 223 cm³/mol. The van der Waals surface area contributed by atoms with Crippen molar-refractivity contribution in [3.05, 3.63) is 121 Å². The number of benzene rings is 4. The number of hydrogen-bond donors (Lipinski definition) is 0. The predicted octanol–water partition coefficient (Wildman–Crippen LogP) is 13.6. The zero-order valence-corrected chi connectivity index (χ0v) is 37.9. The molecule has 0 aromatic heterocycles. The number of hydrogen-bond acceptors (Lipinski definition) is 1. The molecule has 5 heteroatoms. The monoisotopic (exact) mass is 811 g/mol. The summed E-state index contributed by atoms with van der Waals surface area (Å²) >= 11 is -4.95. The van der Waals surface area contributed by atoms with E-state index in [1.54, 1.807) is 0 Å². The van der Waals surface area contributed by atoms with Crippen LogP contribution < -0.4 is 4.74 Å². The molecule has 1 nitrogen and oxygen atoms in total. The summed E-state index contributed by atoms with van der Waals surface area (Å²) < 4.78 is 6.48. The topological polar surface area (TPSA) is 9.23 Å². The van der Waals surface area contributed by atoms with Crippen LogP contribution in [0.2, 0.25) is 13.1 Å². The Morgan fingerprint density at radius 3 is 1.61 bits per heavy atom. The average molecular weight is 814 g/mol. The molecule has 4 aromatic rings. The molecule has 0 spiro atoms. The maximum atomic E-state index is 8.80. The minimum atomic E-state index is -4.95. The average Bonchev–Trinajstić information content (AvgIpc) is 3.71. The Balaban J connectivity index is 1.53. The molecule has 7 rings (SSSR count). The molecular weight excluding hydrogens is 759 g/mol. The third-order valence-corrected chi connectivity index (χ3v) is 64.6. The fraction of sp³-hybridized carbons (Fsp3) is 0.391. The molecule has 0 amide bonds. The van der Waals surface area contributed by atoms with E-state index in [4.69, 9.17) is 21.8 Å². The molecule has 2 unspecified atom stereocenters. The first-order valence-corrected chi connectivity index (χ1v) is 35.2. The molecule has 0 N–H and O–H groups in total. The van der Waals surface area contributed by atoms with Gasteiger partial charge in [-0.3, -0.25) is 0 Å². The summed E-state index contributed by atoms with van der Waals surface area (Å²) in [5.41, 5.74) is 22.4. The van der Waals surface area contributed by atoms with Gasteiger partial charge in [0.1, 0.15) is 0 Å². The second-order valence-electron chi connectivity index (χ2n) is 17.6. The molecule has 3 aliphatic rings. The van der Waals surface area contributed by atoms with Gasteiger partial charge in [0.2, 0.25) is 0 Å². The Labute approximate surface area is 316 Å². The van der Waals surface area contributed by atoms with E-state index in [-0.39, 0.29) is 12.7 Å². The van der Waals surface area contributed by atoms with E-state index in [1.165, 1.54) is 101 Å². The number of aryl methyl sites for hydroxylation is 5. The fourth-order valence-electron chi connectivity index (χ4n) is 10.3. The number of halogens is 2. The third-order valence-electron chi connectivity index (χ3n) is 12.3. The van der Waals surface area contributed by atoms with Crippen molar-refractivity contribution in [2.45, 2.75) is 107 Å². The summed E-state index contributed by atoms with van der Waals surface area (Å²) in [5, 5.41) is 0. The fourth-order valence-corrected chi connectivity index (χ4v) is 43.2. The molecule has 267 valence electrons. The molecule has 3 aliphatic carbocycles. The standard InChI is InChI=1S/C23H27O.C21H21.C2H7Si.2ClH.Zr/c1-14-8-15(2)11-18(10-14)21-19-12-16(3)9-17(19)13-20(22(21)24-7)23(4,5)6;1-13-7-14(2)10-18(9-13)21-19-6-4-5-16(19)12-17-8-15(3)11-20(17)21;1-3-2;;;/h8-13H,1-7H3;7-12H,4-6H2,1-3H3;3H,1-2H3;2*1H;/q;;;;;+2/p-2. The molecule has 0 heterocycles. The number of methoxy groups -OCH3 is 1. The van der Waals surface area contributed by atoms with Gasteiger partial charge in [0.25, 0.3) is 0 Å². The van der Waals surface area contributed by atoms with Gasteiger partial charge in [0, 0.05) is 0 Å². The van der Waals surface area contributed by atoms with E-state index in [9.17, 15) is 0 Å². The molecule has 0 fully saturated rings. The second kappa shape index (κ2) is 12.7. The van der Waals surface area contributed by atoms with Crippen LogP contribution in [0.5, 0.6) is 5.75 Å². The molecule has 51 heavy (non-hydrogen) atoms. The first-order valence-electron chi connectivity index (χ1n) is 18.9. The van der Waals surface area contributed by atoms with Crippen LogP contribution in [0.15, 0.2) is 59.7 Å². The van der Waals surface area contributed by atoms with Gasteiger partial charge < -0.3 is 0 Å². The van der Waals surface area contributed by atoms with Gasteiger partial charge >= 0.3 is 319 Å². The molecular formula is C46H55Cl2OSiZr. The molecule has 0 saturated heterocycles. The van der Waals surface area contributed by atoms with Crippen LogP contribution in [0.1, 0.15) is 109 Å². The third kappa shape index (κ3) is 5.78. The number of fused-ring (bicyclic) bond motifs is 3. The molecule has 4 aromatic carbocycles. The van der Waals surface area contributed by atoms with Gasteiger partial charge in [-0.15, -0.1) is 0 Å². The molecule has 0 saturated carbocycles. The number of allylic oxidation sites excluding steroid dienone is 2. The van der Waals surface area contributed by atoms with Crippen molar-refractivity contribution >= 4 is 35.1 Å². The zero-order chi connectivity index (χ0) is 37.0. The Morgan fingerprint density at radius 1 is 0.667 bits per heavy atom. The first kappa shape index (κ1) is 37.2. The van der Waals surface area contributed by atoms with E-state index in [0.29, 0.717) is 0 Å². The summed E-state index contributed by atoms with van der Waals surface area (Å²) in [4.78, 5) is 0. The normalized spacial score (nSPS) is 19.0. The Kier molecular flexibility index (Phi) is 9.27. The van der Waals surface area contributed by atoms with Crippen LogP contribution >= 0.6 is 17.0 Å². The van der Waals surface area contributed by atoms with Crippen LogP contribution in [0.4, 0.5) is 0 Å². The van der Waals surface area contributed by atoms with Gasteiger partial charge in [0.05, 0.1) is 0 Å². The summed E-state index contributed by atoms with van der Waals surface area (Å²) in [6, 6.07) is 18.9. The van der Waals surface area contributed by atoms with Gasteiger partial charge in [-0.05, 0) is 0 Å². The van der Waals surface area contributed by atoms with Crippen LogP contribution in [0, 0.1) is 27.7 Å². The molecule has 2 atom stereocenters. The summed E-state index contributed by atoms with van der Waals surface area (Å²) in [6.45, 7) is 25.3. The van der Waals surface area contributed by atoms with E-state index >= 15 is 0 Å². The van der Waals surface area contributed by atoms with E-state index in [2.05, 4.69) is 136 Å². The van der Waals surface area contributed by atoms with E-state index in [1.807, 2.05) is 7.11 Å². The van der Waals surface area contributed by atoms with Crippen molar-refractivity contribution in [3.8, 4) is 28.0 Å². The summed E-state index contributed by atoms with van der Waals surface area (Å²) in [7, 11) is 19.4. The Bertz CT molecular complexity index is 2160. The molecule has 0 radical (unpaired) electrons. The molecule has 0 bridgehead atoms. The SMILES string of the molecule is COc1c(C(C)(C)C)cc2c(c1-c1cc(C)cc(C)c1)C=C(C)[CH]2[Zr]([Cl])([Cl])([CH]1C(C)=Cc2c1cc1c(c2-c2cc(C)cc(C)c2)CCC1)[SiH](C)C. The van der Waals surface area contributed by atoms with Crippen molar-refractivity contribution in [2.24, 2.45) is 0 Å². The number of rotatable bonds is 6. The van der Waals surface area contributed by atoms with Crippen molar-refractivity contribution in [1.29, 1.82) is 0 Å². The van der Waals surface area contributed by atoms with Gasteiger partial charge in [-0.25, -0.2) is 0 Å². The van der Waals surface area contributed by atoms with Gasteiger partial charge in [0.15, 0.2) is 0 Å². The Hall–Kier alpha value is -2.16. The van der Waals surface area contributed by atoms with Crippen LogP contribution in [0.25, 0.3) is 34.4 Å². The zero-order valence-electron chi connectivity index (χ0n) is 32.8.